The van der Waals surface area contributed by atoms with Gasteiger partial charge in [0.2, 0.25) is 0 Å². The van der Waals surface area contributed by atoms with E-state index in [0.717, 1.165) is 5.56 Å². The fourth-order valence-corrected chi connectivity index (χ4v) is 1.70. The molecule has 0 amide bonds. The molecule has 0 aliphatic carbocycles. The lowest BCUT2D eigenvalue weighted by atomic mass is 10.1. The maximum atomic E-state index is 11.3. The van der Waals surface area contributed by atoms with Crippen molar-refractivity contribution in [3.63, 3.8) is 0 Å². The van der Waals surface area contributed by atoms with Gasteiger partial charge in [-0.2, -0.15) is 0 Å². The minimum absolute atomic E-state index is 0.0921. The van der Waals surface area contributed by atoms with Gasteiger partial charge in [-0.3, -0.25) is 4.79 Å². The first-order chi connectivity index (χ1) is 7.63. The first-order valence-corrected chi connectivity index (χ1v) is 6.01. The van der Waals surface area contributed by atoms with Gasteiger partial charge in [0, 0.05) is 12.7 Å². The average molecular weight is 238 g/mol. The van der Waals surface area contributed by atoms with Crippen molar-refractivity contribution >= 4 is 22.8 Å². The molecule has 0 spiro atoms. The van der Waals surface area contributed by atoms with Crippen LogP contribution in [0.5, 0.6) is 0 Å². The summed E-state index contributed by atoms with van der Waals surface area (Å²) < 4.78 is 4.87. The second-order valence-corrected chi connectivity index (χ2v) is 4.35. The van der Waals surface area contributed by atoms with Crippen molar-refractivity contribution in [2.75, 3.05) is 6.61 Å². The number of benzene rings is 1. The molecule has 1 aromatic carbocycles. The average Bonchev–Trinajstić information content (AvgIpc) is 2.27. The Morgan fingerprint density at radius 2 is 1.88 bits per heavy atom. The van der Waals surface area contributed by atoms with Crippen molar-refractivity contribution in [2.45, 2.75) is 19.6 Å². The summed E-state index contributed by atoms with van der Waals surface area (Å²) in [6, 6.07) is 7.10. The van der Waals surface area contributed by atoms with E-state index in [9.17, 15) is 9.59 Å². The normalized spacial score (nSPS) is 9.88. The molecule has 0 N–H and O–H groups in total. The molecule has 0 unspecified atom stereocenters. The molecule has 86 valence electrons. The number of ether oxygens (including phenoxy) is 1. The number of esters is 1. The lowest BCUT2D eigenvalue weighted by Crippen LogP contribution is -2.04. The number of rotatable bonds is 4. The van der Waals surface area contributed by atoms with Crippen LogP contribution in [0.2, 0.25) is 0 Å². The summed E-state index contributed by atoms with van der Waals surface area (Å²) >= 11 is 1.25. The molecule has 0 radical (unpaired) electrons. The van der Waals surface area contributed by atoms with E-state index in [1.165, 1.54) is 18.7 Å². The zero-order valence-corrected chi connectivity index (χ0v) is 10.2. The predicted molar refractivity (Wildman–Crippen MR) is 64.4 cm³/mol. The largest absolute Gasteiger partial charge is 0.462 e. The number of hydrogen-bond acceptors (Lipinski definition) is 4. The highest BCUT2D eigenvalue weighted by Gasteiger charge is 2.05. The molecule has 1 rings (SSSR count). The lowest BCUT2D eigenvalue weighted by molar-refractivity contribution is -0.109. The van der Waals surface area contributed by atoms with Crippen molar-refractivity contribution in [1.29, 1.82) is 0 Å². The molecule has 0 saturated heterocycles. The van der Waals surface area contributed by atoms with Crippen LogP contribution in [-0.2, 0) is 15.3 Å². The van der Waals surface area contributed by atoms with Crippen LogP contribution in [0, 0.1) is 0 Å². The van der Waals surface area contributed by atoms with Crippen LogP contribution in [0.3, 0.4) is 0 Å². The van der Waals surface area contributed by atoms with Crippen molar-refractivity contribution in [1.82, 2.24) is 0 Å². The Morgan fingerprint density at radius 1 is 1.25 bits per heavy atom. The summed E-state index contributed by atoms with van der Waals surface area (Å²) in [5.41, 5.74) is 1.56. The molecular weight excluding hydrogens is 224 g/mol. The van der Waals surface area contributed by atoms with E-state index in [0.29, 0.717) is 17.9 Å². The summed E-state index contributed by atoms with van der Waals surface area (Å²) in [5, 5.41) is 0.0921. The SMILES string of the molecule is CCOC(=O)c1ccc(CSC(C)=O)cc1. The highest BCUT2D eigenvalue weighted by Crippen LogP contribution is 2.14. The second-order valence-electron chi connectivity index (χ2n) is 3.20. The van der Waals surface area contributed by atoms with Crippen LogP contribution in [0.4, 0.5) is 0 Å². The third-order valence-electron chi connectivity index (χ3n) is 1.91. The Bertz CT molecular complexity index is 370. The molecule has 3 nitrogen and oxygen atoms in total. The van der Waals surface area contributed by atoms with Gasteiger partial charge < -0.3 is 4.74 Å². The molecule has 0 bridgehead atoms. The topological polar surface area (TPSA) is 43.4 Å². The first-order valence-electron chi connectivity index (χ1n) is 5.03. The summed E-state index contributed by atoms with van der Waals surface area (Å²) in [7, 11) is 0. The van der Waals surface area contributed by atoms with Gasteiger partial charge in [-0.1, -0.05) is 23.9 Å². The number of carbonyl (C=O) groups is 2. The highest BCUT2D eigenvalue weighted by molar-refractivity contribution is 8.12. The molecule has 0 fully saturated rings. The fourth-order valence-electron chi connectivity index (χ4n) is 1.14. The van der Waals surface area contributed by atoms with E-state index < -0.39 is 0 Å². The van der Waals surface area contributed by atoms with Gasteiger partial charge in [-0.25, -0.2) is 4.79 Å². The maximum absolute atomic E-state index is 11.3. The predicted octanol–water partition coefficient (Wildman–Crippen LogP) is 2.64. The van der Waals surface area contributed by atoms with E-state index in [1.54, 1.807) is 19.1 Å². The van der Waals surface area contributed by atoms with Gasteiger partial charge in [0.05, 0.1) is 12.2 Å². The zero-order valence-electron chi connectivity index (χ0n) is 9.36. The molecular formula is C12H14O3S. The van der Waals surface area contributed by atoms with Gasteiger partial charge in [-0.05, 0) is 24.6 Å². The zero-order chi connectivity index (χ0) is 12.0. The van der Waals surface area contributed by atoms with Crippen LogP contribution in [0.15, 0.2) is 24.3 Å². The smallest absolute Gasteiger partial charge is 0.338 e. The van der Waals surface area contributed by atoms with Crippen LogP contribution in [-0.4, -0.2) is 17.7 Å². The molecule has 0 heterocycles. The van der Waals surface area contributed by atoms with Crippen LogP contribution in [0.25, 0.3) is 0 Å². The minimum Gasteiger partial charge on any atom is -0.462 e. The second kappa shape index (κ2) is 6.33. The van der Waals surface area contributed by atoms with Crippen molar-refractivity contribution < 1.29 is 14.3 Å². The van der Waals surface area contributed by atoms with E-state index in [-0.39, 0.29) is 11.1 Å². The van der Waals surface area contributed by atoms with Gasteiger partial charge in [-0.15, -0.1) is 0 Å². The molecule has 0 saturated carbocycles. The summed E-state index contributed by atoms with van der Waals surface area (Å²) in [6.07, 6.45) is 0. The molecule has 0 aliphatic heterocycles. The van der Waals surface area contributed by atoms with Crippen molar-refractivity contribution in [2.24, 2.45) is 0 Å². The van der Waals surface area contributed by atoms with Gasteiger partial charge >= 0.3 is 5.97 Å². The Labute approximate surface area is 99.2 Å². The molecule has 16 heavy (non-hydrogen) atoms. The summed E-state index contributed by atoms with van der Waals surface area (Å²) in [6.45, 7) is 3.69. The standard InChI is InChI=1S/C12H14O3S/c1-3-15-12(14)11-6-4-10(5-7-11)8-16-9(2)13/h4-7H,3,8H2,1-2H3. The first kappa shape index (κ1) is 12.8. The third kappa shape index (κ3) is 4.06. The van der Waals surface area contributed by atoms with E-state index in [4.69, 9.17) is 4.74 Å². The quantitative estimate of drug-likeness (QED) is 0.756. The van der Waals surface area contributed by atoms with Crippen LogP contribution < -0.4 is 0 Å². The van der Waals surface area contributed by atoms with Gasteiger partial charge in [0.25, 0.3) is 0 Å². The molecule has 0 aliphatic rings. The van der Waals surface area contributed by atoms with Crippen LogP contribution >= 0.6 is 11.8 Å². The van der Waals surface area contributed by atoms with E-state index >= 15 is 0 Å². The van der Waals surface area contributed by atoms with Crippen LogP contribution in [0.1, 0.15) is 29.8 Å². The molecule has 1 aromatic rings. The Hall–Kier alpha value is -1.29. The Kier molecular flexibility index (Phi) is 5.05. The van der Waals surface area contributed by atoms with Gasteiger partial charge in [0.1, 0.15) is 0 Å². The monoisotopic (exact) mass is 238 g/mol. The van der Waals surface area contributed by atoms with Crippen molar-refractivity contribution in [3.05, 3.63) is 35.4 Å². The summed E-state index contributed by atoms with van der Waals surface area (Å²) in [4.78, 5) is 22.1. The Morgan fingerprint density at radius 3 is 2.38 bits per heavy atom. The highest BCUT2D eigenvalue weighted by atomic mass is 32.2. The third-order valence-corrected chi connectivity index (χ3v) is 2.79. The maximum Gasteiger partial charge on any atom is 0.338 e. The van der Waals surface area contributed by atoms with E-state index in [2.05, 4.69) is 0 Å². The number of hydrogen-bond donors (Lipinski definition) is 0. The molecule has 4 heteroatoms. The summed E-state index contributed by atoms with van der Waals surface area (Å²) in [5.74, 6) is 0.326. The lowest BCUT2D eigenvalue weighted by Gasteiger charge is -2.03. The Balaban J connectivity index is 2.60. The molecule has 0 atom stereocenters. The number of carbonyl (C=O) groups excluding carboxylic acids is 2. The van der Waals surface area contributed by atoms with Gasteiger partial charge in [0.15, 0.2) is 5.12 Å². The van der Waals surface area contributed by atoms with Crippen molar-refractivity contribution in [3.8, 4) is 0 Å². The molecule has 0 aromatic heterocycles. The fraction of sp³-hybridized carbons (Fsp3) is 0.333. The minimum atomic E-state index is -0.312. The number of thioether (sulfide) groups is 1. The van der Waals surface area contributed by atoms with E-state index in [1.807, 2.05) is 12.1 Å².